The quantitative estimate of drug-likeness (QED) is 0.515. The van der Waals surface area contributed by atoms with Gasteiger partial charge in [-0.2, -0.15) is 0 Å². The van der Waals surface area contributed by atoms with Crippen molar-refractivity contribution >= 4 is 33.1 Å². The molecule has 0 radical (unpaired) electrons. The fourth-order valence-electron chi connectivity index (χ4n) is 3.51. The van der Waals surface area contributed by atoms with Crippen LogP contribution in [0.1, 0.15) is 19.8 Å². The molecule has 0 saturated carbocycles. The molecule has 2 heteroatoms. The zero-order valence-electron chi connectivity index (χ0n) is 14.1. The van der Waals surface area contributed by atoms with E-state index in [1.54, 1.807) is 0 Å². The van der Waals surface area contributed by atoms with Gasteiger partial charge in [0.15, 0.2) is 0 Å². The van der Waals surface area contributed by atoms with Crippen LogP contribution in [-0.2, 0) is 0 Å². The zero-order chi connectivity index (χ0) is 16.9. The molecule has 0 bridgehead atoms. The van der Waals surface area contributed by atoms with Crippen LogP contribution in [0.4, 0.5) is 0 Å². The van der Waals surface area contributed by atoms with Crippen LogP contribution in [0.5, 0.6) is 0 Å². The Bertz CT molecular complexity index is 669. The number of benzene rings is 3. The van der Waals surface area contributed by atoms with Crippen molar-refractivity contribution in [3.63, 3.8) is 0 Å². The molecule has 0 N–H and O–H groups in total. The van der Waals surface area contributed by atoms with Gasteiger partial charge in [0.2, 0.25) is 0 Å². The summed E-state index contributed by atoms with van der Waals surface area (Å²) in [5.74, 6) is -2.98. The van der Waals surface area contributed by atoms with Crippen molar-refractivity contribution in [2.24, 2.45) is 0 Å². The van der Waals surface area contributed by atoms with Crippen LogP contribution in [0, 0.1) is 0 Å². The van der Waals surface area contributed by atoms with Gasteiger partial charge in [-0.1, -0.05) is 0 Å². The Kier molecular flexibility index (Phi) is 5.09. The molecule has 0 atom stereocenters. The first-order valence-corrected chi connectivity index (χ1v) is 11.9. The van der Waals surface area contributed by atoms with E-state index in [0.29, 0.717) is 0 Å². The van der Waals surface area contributed by atoms with Crippen molar-refractivity contribution in [3.8, 4) is 0 Å². The van der Waals surface area contributed by atoms with Gasteiger partial charge in [-0.15, -0.1) is 0 Å². The molecule has 0 saturated heterocycles. The molecule has 0 amide bonds. The molecule has 3 aromatic rings. The summed E-state index contributed by atoms with van der Waals surface area (Å²) in [6, 6.07) is 32.1. The van der Waals surface area contributed by atoms with Crippen molar-refractivity contribution in [2.45, 2.75) is 19.8 Å². The fraction of sp³-hybridized carbons (Fsp3) is 0.182. The summed E-state index contributed by atoms with van der Waals surface area (Å²) in [5, 5.41) is 3.78. The van der Waals surface area contributed by atoms with E-state index in [0.717, 1.165) is 19.0 Å². The van der Waals surface area contributed by atoms with Crippen LogP contribution in [0.3, 0.4) is 0 Å². The predicted molar refractivity (Wildman–Crippen MR) is 111 cm³/mol. The predicted octanol–water partition coefficient (Wildman–Crippen LogP) is 5.47. The van der Waals surface area contributed by atoms with E-state index < -0.39 is 5.96 Å². The molecule has 3 rings (SSSR count). The Balaban J connectivity index is 2.37. The molecule has 0 aliphatic heterocycles. The molecule has 0 heterocycles. The summed E-state index contributed by atoms with van der Waals surface area (Å²) in [4.78, 5) is 0. The van der Waals surface area contributed by atoms with Crippen LogP contribution in [0.2, 0.25) is 0 Å². The van der Waals surface area contributed by atoms with E-state index in [9.17, 15) is 0 Å². The van der Waals surface area contributed by atoms with Crippen molar-refractivity contribution in [2.75, 3.05) is 6.16 Å². The summed E-state index contributed by atoms with van der Waals surface area (Å²) in [7, 11) is 0. The Labute approximate surface area is 150 Å². The molecular weight excluding hydrogens is 331 g/mol. The van der Waals surface area contributed by atoms with E-state index >= 15 is 0 Å². The molecule has 124 valence electrons. The first-order chi connectivity index (χ1) is 11.7. The van der Waals surface area contributed by atoms with E-state index in [-0.39, 0.29) is 0 Å². The van der Waals surface area contributed by atoms with Crippen LogP contribution in [0.15, 0.2) is 91.0 Å². The molecule has 0 aliphatic carbocycles. The second kappa shape index (κ2) is 7.09. The zero-order valence-corrected chi connectivity index (χ0v) is 15.8. The minimum absolute atomic E-state index is 0.988. The number of halogens is 1. The molecule has 0 spiro atoms. The number of rotatable bonds is 6. The van der Waals surface area contributed by atoms with Crippen molar-refractivity contribution in [1.82, 2.24) is 0 Å². The topological polar surface area (TPSA) is 0 Å². The van der Waals surface area contributed by atoms with Crippen molar-refractivity contribution in [1.29, 1.82) is 0 Å². The molecule has 0 aliphatic rings. The molecule has 3 aromatic carbocycles. The van der Waals surface area contributed by atoms with E-state index in [4.69, 9.17) is 11.2 Å². The molecule has 0 fully saturated rings. The molecule has 0 unspecified atom stereocenters. The van der Waals surface area contributed by atoms with Crippen molar-refractivity contribution < 1.29 is 0 Å². The van der Waals surface area contributed by atoms with Crippen LogP contribution >= 0.6 is 17.2 Å². The summed E-state index contributed by atoms with van der Waals surface area (Å²) in [6.45, 7) is 2.24. The summed E-state index contributed by atoms with van der Waals surface area (Å²) in [5.41, 5.74) is 0. The normalized spacial score (nSPS) is 13.2. The van der Waals surface area contributed by atoms with E-state index in [2.05, 4.69) is 97.9 Å². The van der Waals surface area contributed by atoms with Gasteiger partial charge in [0.25, 0.3) is 0 Å². The van der Waals surface area contributed by atoms with Crippen LogP contribution in [0.25, 0.3) is 0 Å². The summed E-state index contributed by atoms with van der Waals surface area (Å²) < 4.78 is 0. The van der Waals surface area contributed by atoms with Crippen LogP contribution in [-0.4, -0.2) is 6.16 Å². The first-order valence-electron chi connectivity index (χ1n) is 8.60. The third-order valence-electron chi connectivity index (χ3n) is 4.82. The third-order valence-corrected chi connectivity index (χ3v) is 12.4. The maximum absolute atomic E-state index is 7.88. The van der Waals surface area contributed by atoms with E-state index in [1.165, 1.54) is 15.9 Å². The molecule has 0 nitrogen and oxygen atoms in total. The van der Waals surface area contributed by atoms with Crippen LogP contribution < -0.4 is 15.9 Å². The average molecular weight is 355 g/mol. The van der Waals surface area contributed by atoms with Gasteiger partial charge in [0.05, 0.1) is 0 Å². The summed E-state index contributed by atoms with van der Waals surface area (Å²) >= 11 is 7.88. The maximum atomic E-state index is 7.88. The Morgan fingerprint density at radius 1 is 0.625 bits per heavy atom. The number of hydrogen-bond acceptors (Lipinski definition) is 0. The Morgan fingerprint density at radius 2 is 0.958 bits per heavy atom. The second-order valence-corrected chi connectivity index (χ2v) is 12.9. The number of unbranched alkanes of at least 4 members (excludes halogenated alkanes) is 1. The monoisotopic (exact) mass is 354 g/mol. The second-order valence-electron chi connectivity index (χ2n) is 6.27. The minimum atomic E-state index is -2.98. The fourth-order valence-corrected chi connectivity index (χ4v) is 9.84. The number of hydrogen-bond donors (Lipinski definition) is 0. The Hall–Kier alpha value is -1.62. The van der Waals surface area contributed by atoms with E-state index in [1.807, 2.05) is 0 Å². The first kappa shape index (κ1) is 17.2. The Morgan fingerprint density at radius 3 is 1.25 bits per heavy atom. The average Bonchev–Trinajstić information content (AvgIpc) is 2.68. The van der Waals surface area contributed by atoms with Crippen molar-refractivity contribution in [3.05, 3.63) is 91.0 Å². The molecule has 24 heavy (non-hydrogen) atoms. The van der Waals surface area contributed by atoms with Gasteiger partial charge >= 0.3 is 150 Å². The van der Waals surface area contributed by atoms with Gasteiger partial charge in [0.1, 0.15) is 0 Å². The third kappa shape index (κ3) is 2.79. The van der Waals surface area contributed by atoms with Gasteiger partial charge in [-0.05, 0) is 0 Å². The summed E-state index contributed by atoms with van der Waals surface area (Å²) in [6.07, 6.45) is 3.23. The standard InChI is InChI=1S/C22H24ClP/c1-2-3-19-24(23,20-13-7-4-8-14-20,21-15-9-5-10-16-21)22-17-11-6-12-18-22/h4-18H,2-3,19H2,1H3. The molecular formula is C22H24ClP. The van der Waals surface area contributed by atoms with Gasteiger partial charge < -0.3 is 0 Å². The molecule has 0 aromatic heterocycles. The van der Waals surface area contributed by atoms with Gasteiger partial charge in [-0.3, -0.25) is 0 Å². The SMILES string of the molecule is CCCCP(Cl)(c1ccccc1)(c1ccccc1)c1ccccc1. The van der Waals surface area contributed by atoms with Gasteiger partial charge in [0, 0.05) is 0 Å². The van der Waals surface area contributed by atoms with Gasteiger partial charge in [-0.25, -0.2) is 0 Å².